The van der Waals surface area contributed by atoms with Crippen LogP contribution in [0.15, 0.2) is 41.3 Å². The van der Waals surface area contributed by atoms with Crippen molar-refractivity contribution in [3.8, 4) is 0 Å². The number of ether oxygens (including phenoxy) is 1. The van der Waals surface area contributed by atoms with Gasteiger partial charge < -0.3 is 14.5 Å². The van der Waals surface area contributed by atoms with Crippen LogP contribution in [-0.2, 0) is 19.6 Å². The van der Waals surface area contributed by atoms with Crippen molar-refractivity contribution < 1.29 is 22.7 Å². The van der Waals surface area contributed by atoms with E-state index in [-0.39, 0.29) is 35.9 Å². The maximum atomic E-state index is 13.2. The number of hydrogen-bond acceptors (Lipinski definition) is 5. The molecule has 1 unspecified atom stereocenters. The van der Waals surface area contributed by atoms with Crippen molar-refractivity contribution in [2.75, 3.05) is 39.3 Å². The SMILES string of the molecule is CC(C)(C)OC(=O)N1CCC(CN2CCN(S(=O)(=O)c3ccc4cc(Cl)ccc4c3)CC2=O)C1. The van der Waals surface area contributed by atoms with Crippen LogP contribution in [0.5, 0.6) is 0 Å². The van der Waals surface area contributed by atoms with Gasteiger partial charge in [-0.15, -0.1) is 0 Å². The molecular formula is C24H30ClN3O5S. The van der Waals surface area contributed by atoms with Gasteiger partial charge in [0.25, 0.3) is 0 Å². The van der Waals surface area contributed by atoms with Crippen LogP contribution in [-0.4, -0.2) is 79.4 Å². The van der Waals surface area contributed by atoms with Gasteiger partial charge in [-0.2, -0.15) is 4.31 Å². The number of likely N-dealkylation sites (tertiary alicyclic amines) is 1. The highest BCUT2D eigenvalue weighted by Crippen LogP contribution is 2.26. The zero-order chi connectivity index (χ0) is 24.7. The summed E-state index contributed by atoms with van der Waals surface area (Å²) in [4.78, 5) is 28.7. The average molecular weight is 508 g/mol. The van der Waals surface area contributed by atoms with Gasteiger partial charge in [0.2, 0.25) is 15.9 Å². The average Bonchev–Trinajstić information content (AvgIpc) is 3.22. The number of amides is 2. The number of nitrogens with zero attached hydrogens (tertiary/aromatic N) is 3. The van der Waals surface area contributed by atoms with Crippen molar-refractivity contribution in [2.45, 2.75) is 37.7 Å². The highest BCUT2D eigenvalue weighted by molar-refractivity contribution is 7.89. The first-order valence-electron chi connectivity index (χ1n) is 11.4. The maximum Gasteiger partial charge on any atom is 0.410 e. The molecule has 8 nitrogen and oxygen atoms in total. The predicted molar refractivity (Wildman–Crippen MR) is 130 cm³/mol. The van der Waals surface area contributed by atoms with Gasteiger partial charge in [0, 0.05) is 37.7 Å². The molecule has 2 fully saturated rings. The van der Waals surface area contributed by atoms with Crippen molar-refractivity contribution >= 4 is 44.4 Å². The van der Waals surface area contributed by atoms with E-state index in [1.165, 1.54) is 4.31 Å². The van der Waals surface area contributed by atoms with Gasteiger partial charge in [-0.25, -0.2) is 13.2 Å². The lowest BCUT2D eigenvalue weighted by Gasteiger charge is -2.35. The highest BCUT2D eigenvalue weighted by Gasteiger charge is 2.36. The minimum absolute atomic E-state index is 0.145. The van der Waals surface area contributed by atoms with Crippen LogP contribution in [0, 0.1) is 5.92 Å². The molecule has 0 aromatic heterocycles. The largest absolute Gasteiger partial charge is 0.444 e. The van der Waals surface area contributed by atoms with Crippen LogP contribution in [0.2, 0.25) is 5.02 Å². The summed E-state index contributed by atoms with van der Waals surface area (Å²) >= 11 is 6.02. The van der Waals surface area contributed by atoms with E-state index in [4.69, 9.17) is 16.3 Å². The predicted octanol–water partition coefficient (Wildman–Crippen LogP) is 3.58. The van der Waals surface area contributed by atoms with Crippen LogP contribution >= 0.6 is 11.6 Å². The monoisotopic (exact) mass is 507 g/mol. The van der Waals surface area contributed by atoms with Crippen LogP contribution < -0.4 is 0 Å². The van der Waals surface area contributed by atoms with Crippen molar-refractivity contribution in [3.63, 3.8) is 0 Å². The molecule has 10 heteroatoms. The molecule has 0 bridgehead atoms. The molecule has 2 aromatic rings. The van der Waals surface area contributed by atoms with Crippen molar-refractivity contribution in [1.82, 2.24) is 14.1 Å². The summed E-state index contributed by atoms with van der Waals surface area (Å²) in [5.41, 5.74) is -0.551. The number of halogens is 1. The van der Waals surface area contributed by atoms with Gasteiger partial charge in [0.15, 0.2) is 0 Å². The second-order valence-corrected chi connectivity index (χ2v) is 12.3. The standard InChI is InChI=1S/C24H30ClN3O5S/c1-24(2,3)33-23(30)27-9-8-17(15-27)14-26-10-11-28(16-22(26)29)34(31,32)21-7-5-18-12-20(25)6-4-19(18)13-21/h4-7,12-13,17H,8-11,14-16H2,1-3H3. The zero-order valence-corrected chi connectivity index (χ0v) is 21.2. The molecule has 0 aliphatic carbocycles. The Morgan fingerprint density at radius 2 is 1.79 bits per heavy atom. The molecule has 1 atom stereocenters. The fraction of sp³-hybridized carbons (Fsp3) is 0.500. The highest BCUT2D eigenvalue weighted by atomic mass is 35.5. The van der Waals surface area contributed by atoms with Gasteiger partial charge in [0.05, 0.1) is 11.4 Å². The van der Waals surface area contributed by atoms with Gasteiger partial charge in [-0.05, 0) is 68.1 Å². The minimum atomic E-state index is -3.80. The third-order valence-corrected chi connectivity index (χ3v) is 8.19. The fourth-order valence-corrected chi connectivity index (χ4v) is 5.97. The molecule has 2 saturated heterocycles. The number of fused-ring (bicyclic) bond motifs is 1. The topological polar surface area (TPSA) is 87.2 Å². The van der Waals surface area contributed by atoms with Gasteiger partial charge in [-0.1, -0.05) is 23.7 Å². The number of benzene rings is 2. The van der Waals surface area contributed by atoms with Crippen molar-refractivity contribution in [2.24, 2.45) is 5.92 Å². The van der Waals surface area contributed by atoms with E-state index in [0.29, 0.717) is 31.2 Å². The quantitative estimate of drug-likeness (QED) is 0.631. The Balaban J connectivity index is 1.36. The first kappa shape index (κ1) is 24.8. The number of carbonyl (C=O) groups is 2. The van der Waals surface area contributed by atoms with Gasteiger partial charge in [0.1, 0.15) is 5.60 Å². The van der Waals surface area contributed by atoms with E-state index in [1.54, 1.807) is 46.2 Å². The Labute approximate surface area is 205 Å². The first-order valence-corrected chi connectivity index (χ1v) is 13.2. The first-order chi connectivity index (χ1) is 15.9. The molecule has 4 rings (SSSR count). The fourth-order valence-electron chi connectivity index (χ4n) is 4.37. The van der Waals surface area contributed by atoms with E-state index in [0.717, 1.165) is 17.2 Å². The Morgan fingerprint density at radius 1 is 1.09 bits per heavy atom. The lowest BCUT2D eigenvalue weighted by atomic mass is 10.1. The van der Waals surface area contributed by atoms with E-state index in [1.807, 2.05) is 20.8 Å². The van der Waals surface area contributed by atoms with Crippen LogP contribution in [0.1, 0.15) is 27.2 Å². The van der Waals surface area contributed by atoms with E-state index >= 15 is 0 Å². The van der Waals surface area contributed by atoms with Gasteiger partial charge in [-0.3, -0.25) is 4.79 Å². The van der Waals surface area contributed by atoms with Crippen LogP contribution in [0.3, 0.4) is 0 Å². The summed E-state index contributed by atoms with van der Waals surface area (Å²) in [5, 5.41) is 2.21. The number of hydrogen-bond donors (Lipinski definition) is 0. The normalized spacial score (nSPS) is 20.2. The molecule has 2 aromatic carbocycles. The number of piperazine rings is 1. The summed E-state index contributed by atoms with van der Waals surface area (Å²) in [7, 11) is -3.80. The van der Waals surface area contributed by atoms with E-state index in [9.17, 15) is 18.0 Å². The molecule has 34 heavy (non-hydrogen) atoms. The third-order valence-electron chi connectivity index (χ3n) is 6.11. The van der Waals surface area contributed by atoms with Crippen molar-refractivity contribution in [3.05, 3.63) is 41.4 Å². The number of sulfonamides is 1. The second kappa shape index (κ2) is 9.36. The molecule has 184 valence electrons. The Bertz CT molecular complexity index is 1210. The molecule has 2 amide bonds. The smallest absolute Gasteiger partial charge is 0.410 e. The summed E-state index contributed by atoms with van der Waals surface area (Å²) in [5.74, 6) is -0.0787. The molecule has 2 aliphatic heterocycles. The lowest BCUT2D eigenvalue weighted by molar-refractivity contribution is -0.134. The summed E-state index contributed by atoms with van der Waals surface area (Å²) in [6.45, 7) is 7.48. The van der Waals surface area contributed by atoms with Crippen molar-refractivity contribution in [1.29, 1.82) is 0 Å². The second-order valence-electron chi connectivity index (χ2n) is 9.91. The van der Waals surface area contributed by atoms with E-state index < -0.39 is 15.6 Å². The molecule has 2 aliphatic rings. The Hall–Kier alpha value is -2.36. The third kappa shape index (κ3) is 5.47. The lowest BCUT2D eigenvalue weighted by Crippen LogP contribution is -2.53. The molecule has 0 radical (unpaired) electrons. The number of rotatable bonds is 4. The van der Waals surface area contributed by atoms with Crippen LogP contribution in [0.25, 0.3) is 10.8 Å². The van der Waals surface area contributed by atoms with E-state index in [2.05, 4.69) is 0 Å². The van der Waals surface area contributed by atoms with Gasteiger partial charge >= 0.3 is 6.09 Å². The minimum Gasteiger partial charge on any atom is -0.444 e. The number of carbonyl (C=O) groups excluding carboxylic acids is 2. The Morgan fingerprint density at radius 3 is 2.50 bits per heavy atom. The molecule has 0 spiro atoms. The summed E-state index contributed by atoms with van der Waals surface area (Å²) in [6.07, 6.45) is 0.446. The zero-order valence-electron chi connectivity index (χ0n) is 19.7. The molecular weight excluding hydrogens is 478 g/mol. The molecule has 2 heterocycles. The maximum absolute atomic E-state index is 13.2. The molecule has 0 saturated carbocycles. The Kier molecular flexibility index (Phi) is 6.81. The molecule has 0 N–H and O–H groups in total. The summed E-state index contributed by atoms with van der Waals surface area (Å²) < 4.78 is 33.1. The summed E-state index contributed by atoms with van der Waals surface area (Å²) in [6, 6.07) is 10.2. The van der Waals surface area contributed by atoms with Crippen LogP contribution in [0.4, 0.5) is 4.79 Å².